The first-order valence-electron chi connectivity index (χ1n) is 8.13. The van der Waals surface area contributed by atoms with E-state index in [9.17, 15) is 4.79 Å². The lowest BCUT2D eigenvalue weighted by Gasteiger charge is -2.25. The van der Waals surface area contributed by atoms with Gasteiger partial charge >= 0.3 is 0 Å². The molecule has 2 aromatic carbocycles. The lowest BCUT2D eigenvalue weighted by Crippen LogP contribution is -2.35. The van der Waals surface area contributed by atoms with E-state index in [0.29, 0.717) is 13.0 Å². The Morgan fingerprint density at radius 2 is 1.88 bits per heavy atom. The van der Waals surface area contributed by atoms with E-state index < -0.39 is 0 Å². The lowest BCUT2D eigenvalue weighted by atomic mass is 10.1. The summed E-state index contributed by atoms with van der Waals surface area (Å²) in [5.41, 5.74) is 3.22. The van der Waals surface area contributed by atoms with E-state index in [1.54, 1.807) is 7.11 Å². The molecule has 2 aromatic rings. The molecule has 0 radical (unpaired) electrons. The third-order valence-electron chi connectivity index (χ3n) is 4.14. The molecule has 0 aliphatic heterocycles. The van der Waals surface area contributed by atoms with Crippen molar-refractivity contribution in [3.63, 3.8) is 0 Å². The van der Waals surface area contributed by atoms with Crippen LogP contribution in [0.4, 0.5) is 0 Å². The van der Waals surface area contributed by atoms with Crippen LogP contribution in [0.5, 0.6) is 5.75 Å². The summed E-state index contributed by atoms with van der Waals surface area (Å²) in [6.45, 7) is 2.57. The van der Waals surface area contributed by atoms with Crippen LogP contribution in [0, 0.1) is 6.92 Å². The summed E-state index contributed by atoms with van der Waals surface area (Å²) in [7, 11) is 5.69. The van der Waals surface area contributed by atoms with Gasteiger partial charge in [-0.1, -0.05) is 42.5 Å². The largest absolute Gasteiger partial charge is 0.496 e. The normalized spacial score (nSPS) is 12.0. The molecule has 0 bridgehead atoms. The molecule has 1 amide bonds. The Morgan fingerprint density at radius 3 is 2.50 bits per heavy atom. The van der Waals surface area contributed by atoms with Crippen molar-refractivity contribution in [3.8, 4) is 5.75 Å². The van der Waals surface area contributed by atoms with Crippen molar-refractivity contribution in [2.45, 2.75) is 19.4 Å². The van der Waals surface area contributed by atoms with E-state index >= 15 is 0 Å². The summed E-state index contributed by atoms with van der Waals surface area (Å²) in [4.78, 5) is 14.4. The maximum absolute atomic E-state index is 12.3. The first kappa shape index (κ1) is 18.0. The third kappa shape index (κ3) is 4.83. The number of aryl methyl sites for hydroxylation is 1. The second kappa shape index (κ2) is 8.50. The minimum absolute atomic E-state index is 0.0173. The molecule has 0 aromatic heterocycles. The zero-order valence-electron chi connectivity index (χ0n) is 14.9. The van der Waals surface area contributed by atoms with Crippen LogP contribution in [0.1, 0.15) is 22.7 Å². The van der Waals surface area contributed by atoms with Crippen molar-refractivity contribution >= 4 is 5.91 Å². The van der Waals surface area contributed by atoms with Gasteiger partial charge in [0.1, 0.15) is 5.75 Å². The van der Waals surface area contributed by atoms with E-state index in [2.05, 4.69) is 22.3 Å². The number of hydrogen-bond acceptors (Lipinski definition) is 3. The number of ether oxygens (including phenoxy) is 1. The lowest BCUT2D eigenvalue weighted by molar-refractivity contribution is -0.120. The molecule has 4 heteroatoms. The van der Waals surface area contributed by atoms with Crippen molar-refractivity contribution < 1.29 is 9.53 Å². The molecule has 128 valence electrons. The van der Waals surface area contributed by atoms with Crippen LogP contribution in [0.25, 0.3) is 0 Å². The minimum atomic E-state index is 0.0173. The Kier molecular flexibility index (Phi) is 6.38. The number of nitrogens with zero attached hydrogens (tertiary/aromatic N) is 1. The number of rotatable bonds is 7. The number of methoxy groups -OCH3 is 1. The minimum Gasteiger partial charge on any atom is -0.496 e. The highest BCUT2D eigenvalue weighted by molar-refractivity contribution is 5.78. The predicted molar refractivity (Wildman–Crippen MR) is 97.3 cm³/mol. The van der Waals surface area contributed by atoms with Gasteiger partial charge in [-0.3, -0.25) is 4.79 Å². The second-order valence-electron chi connectivity index (χ2n) is 6.17. The fourth-order valence-corrected chi connectivity index (χ4v) is 2.71. The van der Waals surface area contributed by atoms with Gasteiger partial charge in [-0.2, -0.15) is 0 Å². The summed E-state index contributed by atoms with van der Waals surface area (Å²) >= 11 is 0. The van der Waals surface area contributed by atoms with Crippen LogP contribution >= 0.6 is 0 Å². The van der Waals surface area contributed by atoms with Gasteiger partial charge in [0.05, 0.1) is 19.6 Å². The molecule has 2 rings (SSSR count). The average molecular weight is 326 g/mol. The van der Waals surface area contributed by atoms with Crippen molar-refractivity contribution in [1.29, 1.82) is 0 Å². The summed E-state index contributed by atoms with van der Waals surface area (Å²) in [6, 6.07) is 16.2. The smallest absolute Gasteiger partial charge is 0.224 e. The molecule has 0 fully saturated rings. The van der Waals surface area contributed by atoms with Gasteiger partial charge in [0.2, 0.25) is 5.91 Å². The Hall–Kier alpha value is -2.33. The van der Waals surface area contributed by atoms with Crippen LogP contribution in [0.2, 0.25) is 0 Å². The van der Waals surface area contributed by atoms with Crippen molar-refractivity contribution in [2.24, 2.45) is 0 Å². The first-order valence-corrected chi connectivity index (χ1v) is 8.13. The summed E-state index contributed by atoms with van der Waals surface area (Å²) in [5.74, 6) is 0.833. The summed E-state index contributed by atoms with van der Waals surface area (Å²) in [6.07, 6.45) is 0.353. The van der Waals surface area contributed by atoms with Crippen molar-refractivity contribution in [1.82, 2.24) is 10.2 Å². The van der Waals surface area contributed by atoms with Gasteiger partial charge in [-0.15, -0.1) is 0 Å². The quantitative estimate of drug-likeness (QED) is 0.850. The highest BCUT2D eigenvalue weighted by Gasteiger charge is 2.15. The third-order valence-corrected chi connectivity index (χ3v) is 4.14. The predicted octanol–water partition coefficient (Wildman–Crippen LogP) is 2.97. The maximum Gasteiger partial charge on any atom is 0.224 e. The molecule has 0 heterocycles. The van der Waals surface area contributed by atoms with Crippen LogP contribution in [-0.2, 0) is 11.2 Å². The number of hydrogen-bond donors (Lipinski definition) is 1. The molecule has 1 N–H and O–H groups in total. The van der Waals surface area contributed by atoms with Gasteiger partial charge in [-0.05, 0) is 43.8 Å². The zero-order valence-corrected chi connectivity index (χ0v) is 14.9. The number of benzene rings is 2. The Balaban J connectivity index is 1.96. The molecule has 0 saturated heterocycles. The molecule has 0 aliphatic rings. The maximum atomic E-state index is 12.3. The fourth-order valence-electron chi connectivity index (χ4n) is 2.71. The van der Waals surface area contributed by atoms with Gasteiger partial charge in [0, 0.05) is 6.54 Å². The monoisotopic (exact) mass is 326 g/mol. The average Bonchev–Trinajstić information content (AvgIpc) is 2.57. The Bertz CT molecular complexity index is 669. The Morgan fingerprint density at radius 1 is 1.17 bits per heavy atom. The zero-order chi connectivity index (χ0) is 17.5. The van der Waals surface area contributed by atoms with Crippen LogP contribution in [0.15, 0.2) is 48.5 Å². The SMILES string of the molecule is COc1cc(CC(=O)NCC(c2ccccc2)N(C)C)ccc1C. The van der Waals surface area contributed by atoms with E-state index in [1.165, 1.54) is 5.56 Å². The van der Waals surface area contributed by atoms with E-state index in [1.807, 2.05) is 57.4 Å². The van der Waals surface area contributed by atoms with Gasteiger partial charge in [0.25, 0.3) is 0 Å². The number of amides is 1. The first-order chi connectivity index (χ1) is 11.5. The van der Waals surface area contributed by atoms with E-state index in [0.717, 1.165) is 16.9 Å². The van der Waals surface area contributed by atoms with Crippen LogP contribution in [0.3, 0.4) is 0 Å². The van der Waals surface area contributed by atoms with E-state index in [-0.39, 0.29) is 11.9 Å². The van der Waals surface area contributed by atoms with Crippen molar-refractivity contribution in [3.05, 3.63) is 65.2 Å². The summed E-state index contributed by atoms with van der Waals surface area (Å²) < 4.78 is 5.32. The highest BCUT2D eigenvalue weighted by Crippen LogP contribution is 2.20. The number of carbonyl (C=O) groups excluding carboxylic acids is 1. The number of carbonyl (C=O) groups is 1. The molecule has 0 aliphatic carbocycles. The molecule has 1 unspecified atom stereocenters. The van der Waals surface area contributed by atoms with Crippen LogP contribution in [-0.4, -0.2) is 38.6 Å². The summed E-state index contributed by atoms with van der Waals surface area (Å²) in [5, 5.41) is 3.04. The molecular formula is C20H26N2O2. The van der Waals surface area contributed by atoms with Crippen LogP contribution < -0.4 is 10.1 Å². The topological polar surface area (TPSA) is 41.6 Å². The molecular weight excluding hydrogens is 300 g/mol. The standard InChI is InChI=1S/C20H26N2O2/c1-15-10-11-16(12-19(15)24-4)13-20(23)21-14-18(22(2)3)17-8-6-5-7-9-17/h5-12,18H,13-14H2,1-4H3,(H,21,23). The molecule has 24 heavy (non-hydrogen) atoms. The number of nitrogens with one attached hydrogen (secondary N) is 1. The van der Waals surface area contributed by atoms with Gasteiger partial charge < -0.3 is 15.0 Å². The second-order valence-corrected chi connectivity index (χ2v) is 6.17. The van der Waals surface area contributed by atoms with Gasteiger partial charge in [-0.25, -0.2) is 0 Å². The van der Waals surface area contributed by atoms with Gasteiger partial charge in [0.15, 0.2) is 0 Å². The molecule has 0 spiro atoms. The molecule has 4 nitrogen and oxygen atoms in total. The van der Waals surface area contributed by atoms with E-state index in [4.69, 9.17) is 4.74 Å². The number of likely N-dealkylation sites (N-methyl/N-ethyl adjacent to an activating group) is 1. The molecule has 1 atom stereocenters. The Labute approximate surface area is 144 Å². The molecule has 0 saturated carbocycles. The fraction of sp³-hybridized carbons (Fsp3) is 0.350. The highest BCUT2D eigenvalue weighted by atomic mass is 16.5. The van der Waals surface area contributed by atoms with Crippen molar-refractivity contribution in [2.75, 3.05) is 27.7 Å².